The number of rotatable bonds is 3. The Morgan fingerprint density at radius 2 is 2.29 bits per heavy atom. The molecule has 2 atom stereocenters. The number of carbonyl (C=O) groups excluding carboxylic acids is 1. The first-order valence-electron chi connectivity index (χ1n) is 7.40. The van der Waals surface area contributed by atoms with Crippen molar-refractivity contribution in [3.63, 3.8) is 0 Å². The zero-order valence-corrected chi connectivity index (χ0v) is 12.5. The lowest BCUT2D eigenvalue weighted by atomic mass is 9.79. The number of carbonyl (C=O) groups is 1. The molecule has 0 amide bonds. The average Bonchev–Trinajstić information content (AvgIpc) is 2.98. The monoisotopic (exact) mass is 287 g/mol. The van der Waals surface area contributed by atoms with Crippen molar-refractivity contribution in [3.8, 4) is 0 Å². The molecule has 3 rings (SSSR count). The van der Waals surface area contributed by atoms with Gasteiger partial charge in [0.15, 0.2) is 0 Å². The van der Waals surface area contributed by atoms with Gasteiger partial charge >= 0.3 is 5.97 Å². The molecule has 0 aliphatic heterocycles. The number of likely N-dealkylation sites (N-methyl/N-ethyl adjacent to an activating group) is 1. The van der Waals surface area contributed by atoms with Gasteiger partial charge in [0.1, 0.15) is 5.54 Å². The summed E-state index contributed by atoms with van der Waals surface area (Å²) < 4.78 is 7.07. The van der Waals surface area contributed by atoms with Crippen LogP contribution in [0.2, 0.25) is 0 Å². The van der Waals surface area contributed by atoms with Crippen LogP contribution < -0.4 is 5.32 Å². The average molecular weight is 287 g/mol. The molecule has 2 aromatic rings. The van der Waals surface area contributed by atoms with E-state index in [0.29, 0.717) is 6.42 Å². The molecule has 21 heavy (non-hydrogen) atoms. The van der Waals surface area contributed by atoms with Gasteiger partial charge < -0.3 is 10.1 Å². The second kappa shape index (κ2) is 5.48. The van der Waals surface area contributed by atoms with Crippen LogP contribution in [0.3, 0.4) is 0 Å². The second-order valence-electron chi connectivity index (χ2n) is 5.72. The molecule has 5 nitrogen and oxygen atoms in total. The summed E-state index contributed by atoms with van der Waals surface area (Å²) in [6.07, 6.45) is 5.43. The van der Waals surface area contributed by atoms with Gasteiger partial charge in [0.25, 0.3) is 0 Å². The molecule has 1 aromatic heterocycles. The number of benzene rings is 1. The molecule has 1 saturated carbocycles. The molecule has 0 spiro atoms. The number of hydrogen-bond donors (Lipinski definition) is 1. The zero-order valence-electron chi connectivity index (χ0n) is 12.5. The predicted molar refractivity (Wildman–Crippen MR) is 81.0 cm³/mol. The molecule has 1 heterocycles. The molecule has 1 aromatic carbocycles. The standard InChI is InChI=1S/C16H21N3O2/c1-17-16(15(20)21-2)9-5-7-13(10-16)19-14-8-4-3-6-12(14)11-18-19/h3-4,6,8,11,13,17H,5,7,9-10H2,1-2H3. The fourth-order valence-corrected chi connectivity index (χ4v) is 3.45. The topological polar surface area (TPSA) is 56.1 Å². The minimum absolute atomic E-state index is 0.175. The Hall–Kier alpha value is -1.88. The second-order valence-corrected chi connectivity index (χ2v) is 5.72. The first-order valence-corrected chi connectivity index (χ1v) is 7.40. The van der Waals surface area contributed by atoms with Crippen LogP contribution in [0.25, 0.3) is 10.9 Å². The number of hydrogen-bond acceptors (Lipinski definition) is 4. The molecule has 1 aliphatic rings. The minimum atomic E-state index is -0.593. The van der Waals surface area contributed by atoms with Crippen LogP contribution in [0.15, 0.2) is 30.5 Å². The number of nitrogens with one attached hydrogen (secondary N) is 1. The molecule has 1 fully saturated rings. The quantitative estimate of drug-likeness (QED) is 0.880. The number of ether oxygens (including phenoxy) is 1. The van der Waals surface area contributed by atoms with E-state index in [9.17, 15) is 4.79 Å². The van der Waals surface area contributed by atoms with Crippen molar-refractivity contribution < 1.29 is 9.53 Å². The molecule has 1 N–H and O–H groups in total. The van der Waals surface area contributed by atoms with E-state index < -0.39 is 5.54 Å². The van der Waals surface area contributed by atoms with Crippen LogP contribution in [-0.4, -0.2) is 35.4 Å². The van der Waals surface area contributed by atoms with Gasteiger partial charge in [-0.15, -0.1) is 0 Å². The predicted octanol–water partition coefficient (Wildman–Crippen LogP) is 2.28. The number of fused-ring (bicyclic) bond motifs is 1. The van der Waals surface area contributed by atoms with E-state index in [2.05, 4.69) is 27.2 Å². The third kappa shape index (κ3) is 2.31. The first-order chi connectivity index (χ1) is 10.2. The highest BCUT2D eigenvalue weighted by molar-refractivity contribution is 5.81. The van der Waals surface area contributed by atoms with Crippen LogP contribution in [0, 0.1) is 0 Å². The van der Waals surface area contributed by atoms with Gasteiger partial charge in [0.05, 0.1) is 24.9 Å². The van der Waals surface area contributed by atoms with Gasteiger partial charge in [-0.25, -0.2) is 0 Å². The Bertz CT molecular complexity index is 652. The maximum Gasteiger partial charge on any atom is 0.326 e. The lowest BCUT2D eigenvalue weighted by molar-refractivity contribution is -0.150. The Labute approximate surface area is 124 Å². The van der Waals surface area contributed by atoms with Gasteiger partial charge in [-0.05, 0) is 38.8 Å². The fourth-order valence-electron chi connectivity index (χ4n) is 3.45. The molecule has 0 radical (unpaired) electrons. The minimum Gasteiger partial charge on any atom is -0.468 e. The first kappa shape index (κ1) is 14.1. The van der Waals surface area contributed by atoms with Crippen molar-refractivity contribution in [2.75, 3.05) is 14.2 Å². The lowest BCUT2D eigenvalue weighted by Crippen LogP contribution is -2.54. The van der Waals surface area contributed by atoms with Crippen molar-refractivity contribution in [1.29, 1.82) is 0 Å². The number of aromatic nitrogens is 2. The Morgan fingerprint density at radius 3 is 3.05 bits per heavy atom. The smallest absolute Gasteiger partial charge is 0.326 e. The van der Waals surface area contributed by atoms with E-state index in [0.717, 1.165) is 30.2 Å². The number of nitrogens with zero attached hydrogens (tertiary/aromatic N) is 2. The van der Waals surface area contributed by atoms with Crippen LogP contribution in [0.4, 0.5) is 0 Å². The summed E-state index contributed by atoms with van der Waals surface area (Å²) in [7, 11) is 3.29. The maximum absolute atomic E-state index is 12.2. The third-order valence-electron chi connectivity index (χ3n) is 4.63. The van der Waals surface area contributed by atoms with Crippen molar-refractivity contribution >= 4 is 16.9 Å². The summed E-state index contributed by atoms with van der Waals surface area (Å²) in [6, 6.07) is 8.39. The van der Waals surface area contributed by atoms with E-state index in [1.54, 1.807) is 0 Å². The maximum atomic E-state index is 12.2. The molecule has 1 aliphatic carbocycles. The Morgan fingerprint density at radius 1 is 1.48 bits per heavy atom. The summed E-state index contributed by atoms with van der Waals surface area (Å²) in [5, 5.41) is 8.87. The van der Waals surface area contributed by atoms with Gasteiger partial charge in [-0.1, -0.05) is 18.2 Å². The lowest BCUT2D eigenvalue weighted by Gasteiger charge is -2.38. The summed E-state index contributed by atoms with van der Waals surface area (Å²) in [6.45, 7) is 0. The highest BCUT2D eigenvalue weighted by atomic mass is 16.5. The van der Waals surface area contributed by atoms with E-state index in [1.807, 2.05) is 25.4 Å². The van der Waals surface area contributed by atoms with Gasteiger partial charge in [0, 0.05) is 5.39 Å². The SMILES string of the molecule is CNC1(C(=O)OC)CCCC(n2ncc3ccccc32)C1. The molecular formula is C16H21N3O2. The van der Waals surface area contributed by atoms with Crippen LogP contribution in [0.1, 0.15) is 31.7 Å². The molecule has 5 heteroatoms. The Balaban J connectivity index is 1.94. The van der Waals surface area contributed by atoms with Gasteiger partial charge in [-0.3, -0.25) is 9.48 Å². The summed E-state index contributed by atoms with van der Waals surface area (Å²) in [4.78, 5) is 12.2. The largest absolute Gasteiger partial charge is 0.468 e. The highest BCUT2D eigenvalue weighted by Gasteiger charge is 2.43. The van der Waals surface area contributed by atoms with Crippen molar-refractivity contribution in [1.82, 2.24) is 15.1 Å². The van der Waals surface area contributed by atoms with Crippen LogP contribution in [-0.2, 0) is 9.53 Å². The number of para-hydroxylation sites is 1. The summed E-state index contributed by atoms with van der Waals surface area (Å²) >= 11 is 0. The van der Waals surface area contributed by atoms with E-state index in [1.165, 1.54) is 7.11 Å². The molecule has 112 valence electrons. The van der Waals surface area contributed by atoms with Gasteiger partial charge in [-0.2, -0.15) is 5.10 Å². The molecule has 0 bridgehead atoms. The molecule has 2 unspecified atom stereocenters. The zero-order chi connectivity index (χ0) is 14.9. The number of esters is 1. The highest BCUT2D eigenvalue weighted by Crippen LogP contribution is 2.37. The number of methoxy groups -OCH3 is 1. The van der Waals surface area contributed by atoms with E-state index in [-0.39, 0.29) is 12.0 Å². The molecule has 0 saturated heterocycles. The van der Waals surface area contributed by atoms with Crippen molar-refractivity contribution in [3.05, 3.63) is 30.5 Å². The summed E-state index contributed by atoms with van der Waals surface area (Å²) in [5.41, 5.74) is 0.532. The molecular weight excluding hydrogens is 266 g/mol. The normalized spacial score (nSPS) is 25.9. The van der Waals surface area contributed by atoms with Gasteiger partial charge in [0.2, 0.25) is 0 Å². The fraction of sp³-hybridized carbons (Fsp3) is 0.500. The Kier molecular flexibility index (Phi) is 3.68. The summed E-state index contributed by atoms with van der Waals surface area (Å²) in [5.74, 6) is -0.175. The van der Waals surface area contributed by atoms with Crippen LogP contribution in [0.5, 0.6) is 0 Å². The van der Waals surface area contributed by atoms with Crippen LogP contribution >= 0.6 is 0 Å². The van der Waals surface area contributed by atoms with Crippen molar-refractivity contribution in [2.24, 2.45) is 0 Å². The van der Waals surface area contributed by atoms with E-state index in [4.69, 9.17) is 4.74 Å². The van der Waals surface area contributed by atoms with Crippen molar-refractivity contribution in [2.45, 2.75) is 37.3 Å². The third-order valence-corrected chi connectivity index (χ3v) is 4.63. The van der Waals surface area contributed by atoms with E-state index >= 15 is 0 Å².